The van der Waals surface area contributed by atoms with Gasteiger partial charge in [0.15, 0.2) is 17.2 Å². The van der Waals surface area contributed by atoms with Crippen LogP contribution in [0.1, 0.15) is 24.2 Å². The normalized spacial score (nSPS) is 15.2. The van der Waals surface area contributed by atoms with Crippen molar-refractivity contribution in [2.24, 2.45) is 5.73 Å². The Balaban J connectivity index is 1.95. The maximum absolute atomic E-state index is 9.14. The molecule has 2 aromatic heterocycles. The summed E-state index contributed by atoms with van der Waals surface area (Å²) in [7, 11) is 1.62. The van der Waals surface area contributed by atoms with Gasteiger partial charge in [-0.05, 0) is 37.1 Å². The van der Waals surface area contributed by atoms with Crippen LogP contribution in [0, 0.1) is 11.3 Å². The van der Waals surface area contributed by atoms with Crippen LogP contribution in [-0.2, 0) is 5.41 Å². The third kappa shape index (κ3) is 2.14. The molecule has 120 valence electrons. The smallest absolute Gasteiger partial charge is 0.198 e. The predicted octanol–water partition coefficient (Wildman–Crippen LogP) is 2.27. The molecule has 0 spiro atoms. The van der Waals surface area contributed by atoms with E-state index in [4.69, 9.17) is 25.8 Å². The third-order valence-corrected chi connectivity index (χ3v) is 4.67. The average Bonchev–Trinajstić information content (AvgIpc) is 3.31. The van der Waals surface area contributed by atoms with E-state index in [1.807, 2.05) is 30.3 Å². The van der Waals surface area contributed by atoms with Gasteiger partial charge in [-0.15, -0.1) is 5.10 Å². The second-order valence-electron chi connectivity index (χ2n) is 6.13. The van der Waals surface area contributed by atoms with Crippen LogP contribution in [0.3, 0.4) is 0 Å². The molecule has 24 heavy (non-hydrogen) atoms. The van der Waals surface area contributed by atoms with Crippen LogP contribution in [0.25, 0.3) is 16.9 Å². The summed E-state index contributed by atoms with van der Waals surface area (Å²) >= 11 is 0. The fourth-order valence-corrected chi connectivity index (χ4v) is 2.96. The van der Waals surface area contributed by atoms with E-state index in [0.29, 0.717) is 23.5 Å². The highest BCUT2D eigenvalue weighted by Crippen LogP contribution is 2.46. The number of hydrogen-bond donors (Lipinski definition) is 1. The SMILES string of the molecule is COc1ccc(-c2cccc(C#N)c2)n2nc(C3(CN)CC3)nc12. The standard InChI is InChI=1S/C18H17N5O/c1-24-15-6-5-14(13-4-2-3-12(9-13)10-19)23-16(15)21-17(22-23)18(11-20)7-8-18/h2-6,9H,7-8,11,20H2,1H3. The Hall–Kier alpha value is -2.91. The molecular formula is C18H17N5O. The van der Waals surface area contributed by atoms with Gasteiger partial charge in [-0.3, -0.25) is 0 Å². The highest BCUT2D eigenvalue weighted by molar-refractivity contribution is 5.68. The van der Waals surface area contributed by atoms with E-state index in [9.17, 15) is 0 Å². The molecule has 3 aromatic rings. The molecule has 2 heterocycles. The van der Waals surface area contributed by atoms with E-state index in [1.54, 1.807) is 17.7 Å². The van der Waals surface area contributed by atoms with Crippen molar-refractivity contribution in [1.82, 2.24) is 14.6 Å². The zero-order chi connectivity index (χ0) is 16.7. The molecule has 1 aliphatic carbocycles. The van der Waals surface area contributed by atoms with Crippen LogP contribution in [0.4, 0.5) is 0 Å². The molecule has 6 heteroatoms. The summed E-state index contributed by atoms with van der Waals surface area (Å²) in [4.78, 5) is 4.70. The first-order chi connectivity index (χ1) is 11.7. The van der Waals surface area contributed by atoms with E-state index in [0.717, 1.165) is 29.9 Å². The monoisotopic (exact) mass is 319 g/mol. The Morgan fingerprint density at radius 3 is 2.83 bits per heavy atom. The van der Waals surface area contributed by atoms with Crippen molar-refractivity contribution in [1.29, 1.82) is 5.26 Å². The summed E-state index contributed by atoms with van der Waals surface area (Å²) in [5.41, 5.74) is 8.89. The van der Waals surface area contributed by atoms with E-state index >= 15 is 0 Å². The highest BCUT2D eigenvalue weighted by Gasteiger charge is 2.47. The lowest BCUT2D eigenvalue weighted by molar-refractivity contribution is 0.416. The lowest BCUT2D eigenvalue weighted by atomic mass is 10.1. The Labute approximate surface area is 139 Å². The summed E-state index contributed by atoms with van der Waals surface area (Å²) in [5.74, 6) is 1.44. The second-order valence-corrected chi connectivity index (χ2v) is 6.13. The summed E-state index contributed by atoms with van der Waals surface area (Å²) < 4.78 is 7.23. The van der Waals surface area contributed by atoms with Gasteiger partial charge in [0.1, 0.15) is 0 Å². The van der Waals surface area contributed by atoms with Crippen LogP contribution < -0.4 is 10.5 Å². The molecule has 4 rings (SSSR count). The summed E-state index contributed by atoms with van der Waals surface area (Å²) in [6, 6.07) is 13.4. The molecule has 0 unspecified atom stereocenters. The number of nitrogens with zero attached hydrogens (tertiary/aromatic N) is 4. The number of benzene rings is 1. The van der Waals surface area contributed by atoms with Crippen LogP contribution in [0.15, 0.2) is 36.4 Å². The predicted molar refractivity (Wildman–Crippen MR) is 89.7 cm³/mol. The van der Waals surface area contributed by atoms with Gasteiger partial charge in [0.25, 0.3) is 0 Å². The summed E-state index contributed by atoms with van der Waals surface area (Å²) in [6.07, 6.45) is 2.03. The lowest BCUT2D eigenvalue weighted by Gasteiger charge is -2.07. The maximum atomic E-state index is 9.14. The molecule has 0 radical (unpaired) electrons. The van der Waals surface area contributed by atoms with Crippen LogP contribution >= 0.6 is 0 Å². The number of methoxy groups -OCH3 is 1. The van der Waals surface area contributed by atoms with Crippen molar-refractivity contribution in [3.63, 3.8) is 0 Å². The van der Waals surface area contributed by atoms with Crippen molar-refractivity contribution in [2.45, 2.75) is 18.3 Å². The minimum absolute atomic E-state index is 0.0944. The Morgan fingerprint density at radius 1 is 1.33 bits per heavy atom. The van der Waals surface area contributed by atoms with Gasteiger partial charge in [-0.25, -0.2) is 9.50 Å². The van der Waals surface area contributed by atoms with Crippen LogP contribution in [0.5, 0.6) is 5.75 Å². The van der Waals surface area contributed by atoms with Gasteiger partial charge >= 0.3 is 0 Å². The minimum atomic E-state index is -0.0944. The number of pyridine rings is 1. The van der Waals surface area contributed by atoms with Gasteiger partial charge in [0, 0.05) is 17.5 Å². The van der Waals surface area contributed by atoms with Gasteiger partial charge < -0.3 is 10.5 Å². The molecule has 1 aliphatic rings. The third-order valence-electron chi connectivity index (χ3n) is 4.67. The number of hydrogen-bond acceptors (Lipinski definition) is 5. The molecule has 1 aromatic carbocycles. The number of fused-ring (bicyclic) bond motifs is 1. The van der Waals surface area contributed by atoms with Crippen LogP contribution in [0.2, 0.25) is 0 Å². The molecule has 2 N–H and O–H groups in total. The molecule has 0 atom stereocenters. The highest BCUT2D eigenvalue weighted by atomic mass is 16.5. The topological polar surface area (TPSA) is 89.2 Å². The largest absolute Gasteiger partial charge is 0.493 e. The zero-order valence-corrected chi connectivity index (χ0v) is 13.4. The second kappa shape index (κ2) is 5.32. The van der Waals surface area contributed by atoms with E-state index in [2.05, 4.69) is 6.07 Å². The fraction of sp³-hybridized carbons (Fsp3) is 0.278. The van der Waals surface area contributed by atoms with E-state index < -0.39 is 0 Å². The van der Waals surface area contributed by atoms with Gasteiger partial charge in [0.05, 0.1) is 24.4 Å². The Bertz CT molecular complexity index is 965. The quantitative estimate of drug-likeness (QED) is 0.797. The number of nitrogens with two attached hydrogens (primary N) is 1. The first-order valence-corrected chi connectivity index (χ1v) is 7.85. The van der Waals surface area contributed by atoms with Gasteiger partial charge in [-0.2, -0.15) is 5.26 Å². The number of rotatable bonds is 4. The Morgan fingerprint density at radius 2 is 2.17 bits per heavy atom. The first kappa shape index (κ1) is 14.7. The molecule has 0 amide bonds. The maximum Gasteiger partial charge on any atom is 0.198 e. The first-order valence-electron chi connectivity index (χ1n) is 7.85. The molecule has 0 aliphatic heterocycles. The number of nitriles is 1. The van der Waals surface area contributed by atoms with Crippen molar-refractivity contribution in [2.75, 3.05) is 13.7 Å². The molecule has 1 saturated carbocycles. The molecule has 6 nitrogen and oxygen atoms in total. The molecule has 1 fully saturated rings. The van der Waals surface area contributed by atoms with Crippen molar-refractivity contribution < 1.29 is 4.74 Å². The van der Waals surface area contributed by atoms with Gasteiger partial charge in [0.2, 0.25) is 0 Å². The van der Waals surface area contributed by atoms with Gasteiger partial charge in [-0.1, -0.05) is 12.1 Å². The molecule has 0 bridgehead atoms. The summed E-state index contributed by atoms with van der Waals surface area (Å²) in [5, 5.41) is 13.9. The van der Waals surface area contributed by atoms with E-state index in [-0.39, 0.29) is 5.41 Å². The summed E-state index contributed by atoms with van der Waals surface area (Å²) in [6.45, 7) is 0.547. The van der Waals surface area contributed by atoms with E-state index in [1.165, 1.54) is 0 Å². The Kier molecular flexibility index (Phi) is 3.25. The van der Waals surface area contributed by atoms with Crippen LogP contribution in [-0.4, -0.2) is 28.3 Å². The number of aromatic nitrogens is 3. The minimum Gasteiger partial charge on any atom is -0.493 e. The van der Waals surface area contributed by atoms with Crippen molar-refractivity contribution in [3.05, 3.63) is 47.8 Å². The number of ether oxygens (including phenoxy) is 1. The average molecular weight is 319 g/mol. The molecule has 0 saturated heterocycles. The molecular weight excluding hydrogens is 302 g/mol. The zero-order valence-electron chi connectivity index (χ0n) is 13.4. The lowest BCUT2D eigenvalue weighted by Crippen LogP contribution is -2.21. The van der Waals surface area contributed by atoms with Crippen molar-refractivity contribution >= 4 is 5.65 Å². The van der Waals surface area contributed by atoms with Crippen molar-refractivity contribution in [3.8, 4) is 23.1 Å². The fourth-order valence-electron chi connectivity index (χ4n) is 2.96.